The Morgan fingerprint density at radius 2 is 2.05 bits per heavy atom. The quantitative estimate of drug-likeness (QED) is 0.506. The van der Waals surface area contributed by atoms with Crippen molar-refractivity contribution in [3.05, 3.63) is 65.2 Å². The molecule has 0 saturated heterocycles. The largest absolute Gasteiger partial charge is 0.496 e. The van der Waals surface area contributed by atoms with Crippen LogP contribution in [0.3, 0.4) is 0 Å². The fourth-order valence-corrected chi connectivity index (χ4v) is 2.10. The number of hydrogen-bond acceptors (Lipinski definition) is 3. The fourth-order valence-electron chi connectivity index (χ4n) is 1.98. The van der Waals surface area contributed by atoms with Gasteiger partial charge in [-0.25, -0.2) is 0 Å². The van der Waals surface area contributed by atoms with Crippen LogP contribution in [0.2, 0.25) is 0 Å². The molecular formula is C17H19N3OS. The van der Waals surface area contributed by atoms with E-state index in [4.69, 9.17) is 17.0 Å². The highest BCUT2D eigenvalue weighted by molar-refractivity contribution is 7.80. The Labute approximate surface area is 136 Å². The number of benzene rings is 2. The van der Waals surface area contributed by atoms with E-state index in [0.717, 1.165) is 11.3 Å². The van der Waals surface area contributed by atoms with Crippen LogP contribution in [0.25, 0.3) is 0 Å². The van der Waals surface area contributed by atoms with Crippen LogP contribution in [0.15, 0.2) is 53.6 Å². The molecular weight excluding hydrogens is 294 g/mol. The van der Waals surface area contributed by atoms with E-state index in [9.17, 15) is 0 Å². The van der Waals surface area contributed by atoms with Gasteiger partial charge in [-0.15, -0.1) is 0 Å². The number of para-hydroxylation sites is 1. The lowest BCUT2D eigenvalue weighted by atomic mass is 10.1. The smallest absolute Gasteiger partial charge is 0.187 e. The van der Waals surface area contributed by atoms with Gasteiger partial charge in [0.05, 0.1) is 13.3 Å². The highest BCUT2D eigenvalue weighted by Gasteiger charge is 1.98. The summed E-state index contributed by atoms with van der Waals surface area (Å²) in [5, 5.41) is 7.72. The summed E-state index contributed by atoms with van der Waals surface area (Å²) < 4.78 is 5.25. The van der Waals surface area contributed by atoms with Crippen molar-refractivity contribution in [1.82, 2.24) is 10.7 Å². The van der Waals surface area contributed by atoms with Gasteiger partial charge in [0, 0.05) is 12.1 Å². The number of aryl methyl sites for hydroxylation is 1. The van der Waals surface area contributed by atoms with Crippen LogP contribution < -0.4 is 15.5 Å². The van der Waals surface area contributed by atoms with Crippen LogP contribution in [0.1, 0.15) is 16.7 Å². The third kappa shape index (κ3) is 4.86. The van der Waals surface area contributed by atoms with Crippen LogP contribution in [-0.2, 0) is 6.54 Å². The summed E-state index contributed by atoms with van der Waals surface area (Å²) in [6, 6.07) is 15.9. The SMILES string of the molecule is COc1ccccc1/C=N/NC(=S)NCc1cccc(C)c1. The van der Waals surface area contributed by atoms with E-state index in [1.165, 1.54) is 11.1 Å². The number of hydrazone groups is 1. The first-order valence-corrected chi connectivity index (χ1v) is 7.35. The zero-order chi connectivity index (χ0) is 15.8. The second-order valence-electron chi connectivity index (χ2n) is 4.78. The molecule has 0 saturated carbocycles. The summed E-state index contributed by atoms with van der Waals surface area (Å²) in [5.41, 5.74) is 6.10. The molecule has 2 N–H and O–H groups in total. The molecule has 0 aromatic heterocycles. The van der Waals surface area contributed by atoms with Crippen molar-refractivity contribution in [2.24, 2.45) is 5.10 Å². The second kappa shape index (κ2) is 8.14. The minimum absolute atomic E-state index is 0.479. The number of rotatable bonds is 5. The highest BCUT2D eigenvalue weighted by Crippen LogP contribution is 2.14. The molecule has 0 fully saturated rings. The molecule has 0 aliphatic heterocycles. The third-order valence-electron chi connectivity index (χ3n) is 3.04. The molecule has 0 atom stereocenters. The van der Waals surface area contributed by atoms with Crippen LogP contribution in [0.5, 0.6) is 5.75 Å². The summed E-state index contributed by atoms with van der Waals surface area (Å²) in [6.07, 6.45) is 1.68. The van der Waals surface area contributed by atoms with Gasteiger partial charge in [0.25, 0.3) is 0 Å². The first-order valence-electron chi connectivity index (χ1n) is 6.94. The van der Waals surface area contributed by atoms with Gasteiger partial charge in [-0.1, -0.05) is 42.0 Å². The number of thiocarbonyl (C=S) groups is 1. The van der Waals surface area contributed by atoms with Crippen molar-refractivity contribution in [2.75, 3.05) is 7.11 Å². The zero-order valence-corrected chi connectivity index (χ0v) is 13.5. The van der Waals surface area contributed by atoms with Gasteiger partial charge in [-0.2, -0.15) is 5.10 Å². The van der Waals surface area contributed by atoms with Crippen LogP contribution in [-0.4, -0.2) is 18.4 Å². The van der Waals surface area contributed by atoms with Crippen molar-refractivity contribution in [3.63, 3.8) is 0 Å². The first kappa shape index (κ1) is 16.0. The van der Waals surface area contributed by atoms with E-state index >= 15 is 0 Å². The molecule has 2 aromatic carbocycles. The number of ether oxygens (including phenoxy) is 1. The predicted molar refractivity (Wildman–Crippen MR) is 94.3 cm³/mol. The summed E-state index contributed by atoms with van der Waals surface area (Å²) >= 11 is 5.20. The molecule has 2 aromatic rings. The molecule has 0 spiro atoms. The van der Waals surface area contributed by atoms with Crippen molar-refractivity contribution < 1.29 is 4.74 Å². The Kier molecular flexibility index (Phi) is 5.91. The summed E-state index contributed by atoms with van der Waals surface area (Å²) in [7, 11) is 1.63. The Balaban J connectivity index is 1.83. The number of nitrogens with one attached hydrogen (secondary N) is 2. The molecule has 4 nitrogen and oxygen atoms in total. The molecule has 114 valence electrons. The lowest BCUT2D eigenvalue weighted by Crippen LogP contribution is -2.31. The van der Waals surface area contributed by atoms with Gasteiger partial charge in [0.15, 0.2) is 5.11 Å². The molecule has 5 heteroatoms. The normalized spacial score (nSPS) is 10.5. The van der Waals surface area contributed by atoms with E-state index in [-0.39, 0.29) is 0 Å². The second-order valence-corrected chi connectivity index (χ2v) is 5.19. The van der Waals surface area contributed by atoms with E-state index in [1.54, 1.807) is 13.3 Å². The number of nitrogens with zero attached hydrogens (tertiary/aromatic N) is 1. The molecule has 2 rings (SSSR count). The van der Waals surface area contributed by atoms with Gasteiger partial charge in [-0.05, 0) is 36.8 Å². The maximum atomic E-state index is 5.25. The average molecular weight is 313 g/mol. The zero-order valence-electron chi connectivity index (χ0n) is 12.7. The van der Waals surface area contributed by atoms with Crippen molar-refractivity contribution in [1.29, 1.82) is 0 Å². The van der Waals surface area contributed by atoms with Gasteiger partial charge in [0.2, 0.25) is 0 Å². The molecule has 0 bridgehead atoms. The molecule has 0 heterocycles. The van der Waals surface area contributed by atoms with E-state index in [0.29, 0.717) is 11.7 Å². The average Bonchev–Trinajstić information content (AvgIpc) is 2.53. The predicted octanol–water partition coefficient (Wildman–Crippen LogP) is 3.00. The lowest BCUT2D eigenvalue weighted by Gasteiger charge is -2.08. The molecule has 0 unspecified atom stereocenters. The molecule has 0 radical (unpaired) electrons. The monoisotopic (exact) mass is 313 g/mol. The van der Waals surface area contributed by atoms with Crippen molar-refractivity contribution >= 4 is 23.5 Å². The molecule has 0 aliphatic rings. The van der Waals surface area contributed by atoms with Crippen molar-refractivity contribution in [2.45, 2.75) is 13.5 Å². The van der Waals surface area contributed by atoms with Gasteiger partial charge in [-0.3, -0.25) is 5.43 Å². The molecule has 22 heavy (non-hydrogen) atoms. The van der Waals surface area contributed by atoms with E-state index in [2.05, 4.69) is 41.0 Å². The Morgan fingerprint density at radius 1 is 1.23 bits per heavy atom. The lowest BCUT2D eigenvalue weighted by molar-refractivity contribution is 0.414. The Hall–Kier alpha value is -2.40. The van der Waals surface area contributed by atoms with Crippen molar-refractivity contribution in [3.8, 4) is 5.75 Å². The van der Waals surface area contributed by atoms with E-state index in [1.807, 2.05) is 30.3 Å². The summed E-state index contributed by atoms with van der Waals surface area (Å²) in [6.45, 7) is 2.73. The third-order valence-corrected chi connectivity index (χ3v) is 3.28. The Morgan fingerprint density at radius 3 is 2.82 bits per heavy atom. The van der Waals surface area contributed by atoms with Gasteiger partial charge < -0.3 is 10.1 Å². The Bertz CT molecular complexity index is 670. The number of methoxy groups -OCH3 is 1. The van der Waals surface area contributed by atoms with Crippen LogP contribution in [0, 0.1) is 6.92 Å². The van der Waals surface area contributed by atoms with Crippen LogP contribution >= 0.6 is 12.2 Å². The van der Waals surface area contributed by atoms with Gasteiger partial charge >= 0.3 is 0 Å². The van der Waals surface area contributed by atoms with Crippen LogP contribution in [0.4, 0.5) is 0 Å². The molecule has 0 amide bonds. The van der Waals surface area contributed by atoms with E-state index < -0.39 is 0 Å². The summed E-state index contributed by atoms with van der Waals surface area (Å²) in [4.78, 5) is 0. The van der Waals surface area contributed by atoms with Gasteiger partial charge in [0.1, 0.15) is 5.75 Å². The minimum atomic E-state index is 0.479. The maximum Gasteiger partial charge on any atom is 0.187 e. The minimum Gasteiger partial charge on any atom is -0.496 e. The summed E-state index contributed by atoms with van der Waals surface area (Å²) in [5.74, 6) is 0.770. The highest BCUT2D eigenvalue weighted by atomic mass is 32.1. The standard InChI is InChI=1S/C17H19N3OS/c1-13-6-5-7-14(10-13)11-18-17(22)20-19-12-15-8-3-4-9-16(15)21-2/h3-10,12H,11H2,1-2H3,(H2,18,20,22)/b19-12+. The molecule has 0 aliphatic carbocycles. The number of hydrogen-bond donors (Lipinski definition) is 2. The maximum absolute atomic E-state index is 5.25. The fraction of sp³-hybridized carbons (Fsp3) is 0.176. The first-order chi connectivity index (χ1) is 10.7. The topological polar surface area (TPSA) is 45.6 Å².